The van der Waals surface area contributed by atoms with Crippen LogP contribution in [-0.2, 0) is 25.3 Å². The molecule has 0 aliphatic carbocycles. The molecule has 5 heteroatoms. The SMILES string of the molecule is O.[O]=[Ta](=[O])[OH]. The van der Waals surface area contributed by atoms with E-state index in [1.807, 2.05) is 0 Å². The van der Waals surface area contributed by atoms with Crippen molar-refractivity contribution in [3.05, 3.63) is 0 Å². The van der Waals surface area contributed by atoms with E-state index in [0.29, 0.717) is 0 Å². The van der Waals surface area contributed by atoms with Crippen molar-refractivity contribution < 1.29 is 34.4 Å². The summed E-state index contributed by atoms with van der Waals surface area (Å²) in [5.41, 5.74) is 0. The van der Waals surface area contributed by atoms with Crippen molar-refractivity contribution in [1.29, 1.82) is 0 Å². The van der Waals surface area contributed by atoms with E-state index in [0.717, 1.165) is 0 Å². The Morgan fingerprint density at radius 3 is 1.40 bits per heavy atom. The Bertz CT molecular complexity index is 52.0. The molecule has 0 aromatic carbocycles. The Morgan fingerprint density at radius 1 is 1.40 bits per heavy atom. The third kappa shape index (κ3) is 321. The molecular weight excluding hydrogens is 245 g/mol. The number of hydrogen-bond acceptors (Lipinski definition) is 2. The zero-order chi connectivity index (χ0) is 3.58. The predicted octanol–water partition coefficient (Wildman–Crippen LogP) is -1.62. The summed E-state index contributed by atoms with van der Waals surface area (Å²) in [7, 11) is 0. The topological polar surface area (TPSA) is 85.9 Å². The van der Waals surface area contributed by atoms with Crippen LogP contribution in [0, 0.1) is 0 Å². The first kappa shape index (κ1) is 8.98. The quantitative estimate of drug-likeness (QED) is 0.558. The average Bonchev–Trinajstić information content (AvgIpc) is 0.811. The van der Waals surface area contributed by atoms with Crippen molar-refractivity contribution in [3.63, 3.8) is 0 Å². The van der Waals surface area contributed by atoms with Gasteiger partial charge in [-0.05, 0) is 0 Å². The summed E-state index contributed by atoms with van der Waals surface area (Å²) >= 11 is -4.09. The molecule has 0 aromatic rings. The molecule has 0 spiro atoms. The van der Waals surface area contributed by atoms with Crippen LogP contribution in [0.4, 0.5) is 0 Å². The Kier molecular flexibility index (Phi) is 7.65. The van der Waals surface area contributed by atoms with Crippen molar-refractivity contribution >= 4 is 0 Å². The molecule has 5 heavy (non-hydrogen) atoms. The summed E-state index contributed by atoms with van der Waals surface area (Å²) in [5, 5.41) is 0. The monoisotopic (exact) mass is 248 g/mol. The van der Waals surface area contributed by atoms with Crippen LogP contribution in [0.2, 0.25) is 0 Å². The maximum absolute atomic E-state index is 8.73. The van der Waals surface area contributed by atoms with Crippen LogP contribution in [0.5, 0.6) is 0 Å². The van der Waals surface area contributed by atoms with E-state index < -0.39 is 18.8 Å². The average molecular weight is 248 g/mol. The van der Waals surface area contributed by atoms with Gasteiger partial charge in [-0.2, -0.15) is 0 Å². The normalized spacial score (nSPS) is 5.00. The summed E-state index contributed by atoms with van der Waals surface area (Å²) in [6.45, 7) is 0. The van der Waals surface area contributed by atoms with Crippen molar-refractivity contribution in [2.75, 3.05) is 0 Å². The van der Waals surface area contributed by atoms with E-state index in [1.165, 1.54) is 0 Å². The van der Waals surface area contributed by atoms with Crippen LogP contribution in [0.15, 0.2) is 0 Å². The first-order chi connectivity index (χ1) is 1.73. The van der Waals surface area contributed by atoms with E-state index in [9.17, 15) is 0 Å². The Balaban J connectivity index is 0. The molecule has 0 atom stereocenters. The first-order valence-corrected chi connectivity index (χ1v) is 4.63. The maximum atomic E-state index is 8.73. The van der Waals surface area contributed by atoms with Crippen molar-refractivity contribution in [2.24, 2.45) is 0 Å². The van der Waals surface area contributed by atoms with Gasteiger partial charge in [-0.3, -0.25) is 0 Å². The van der Waals surface area contributed by atoms with Crippen molar-refractivity contribution in [1.82, 2.24) is 0 Å². The van der Waals surface area contributed by atoms with Crippen molar-refractivity contribution in [3.8, 4) is 0 Å². The van der Waals surface area contributed by atoms with E-state index in [1.54, 1.807) is 0 Å². The molecule has 0 amide bonds. The van der Waals surface area contributed by atoms with E-state index >= 15 is 0 Å². The molecule has 32 valence electrons. The second-order valence-electron chi connectivity index (χ2n) is 0.238. The van der Waals surface area contributed by atoms with Gasteiger partial charge in [0.1, 0.15) is 0 Å². The second-order valence-corrected chi connectivity index (χ2v) is 1.95. The van der Waals surface area contributed by atoms with Crippen LogP contribution in [-0.4, -0.2) is 9.09 Å². The molecular formula is H3O4Ta. The summed E-state index contributed by atoms with van der Waals surface area (Å²) < 4.78 is 24.6. The van der Waals surface area contributed by atoms with E-state index in [4.69, 9.17) is 10.1 Å². The minimum absolute atomic E-state index is 0. The van der Waals surface area contributed by atoms with Gasteiger partial charge in [-0.25, -0.2) is 0 Å². The van der Waals surface area contributed by atoms with E-state index in [-0.39, 0.29) is 5.48 Å². The van der Waals surface area contributed by atoms with Gasteiger partial charge < -0.3 is 5.48 Å². The summed E-state index contributed by atoms with van der Waals surface area (Å²) in [4.78, 5) is 0. The molecule has 0 bridgehead atoms. The third-order valence-corrected chi connectivity index (χ3v) is 0. The van der Waals surface area contributed by atoms with E-state index in [2.05, 4.69) is 0 Å². The van der Waals surface area contributed by atoms with Crippen LogP contribution in [0.25, 0.3) is 0 Å². The standard InChI is InChI=1S/2H2O.2O.Ta/h2*1H2;;;/q;;;;+1/p-1. The zero-order valence-electron chi connectivity index (χ0n) is 2.21. The zero-order valence-corrected chi connectivity index (χ0v) is 5.42. The fraction of sp³-hybridized carbons (Fsp3) is 0. The molecule has 0 aromatic heterocycles. The molecule has 0 unspecified atom stereocenters. The number of hydrogen-bond donors (Lipinski definition) is 1. The van der Waals surface area contributed by atoms with Crippen LogP contribution in [0.1, 0.15) is 0 Å². The molecule has 0 heterocycles. The third-order valence-electron chi connectivity index (χ3n) is 0. The summed E-state index contributed by atoms with van der Waals surface area (Å²) in [6, 6.07) is 0. The molecule has 0 aliphatic heterocycles. The molecule has 0 fully saturated rings. The molecule has 0 aliphatic rings. The van der Waals surface area contributed by atoms with Gasteiger partial charge in [-0.1, -0.05) is 0 Å². The van der Waals surface area contributed by atoms with Crippen molar-refractivity contribution in [2.45, 2.75) is 0 Å². The van der Waals surface area contributed by atoms with Crippen LogP contribution >= 0.6 is 0 Å². The van der Waals surface area contributed by atoms with Crippen LogP contribution in [0.3, 0.4) is 0 Å². The molecule has 0 saturated heterocycles. The fourth-order valence-corrected chi connectivity index (χ4v) is 0. The summed E-state index contributed by atoms with van der Waals surface area (Å²) in [6.07, 6.45) is 0. The van der Waals surface area contributed by atoms with Gasteiger partial charge in [0.25, 0.3) is 0 Å². The van der Waals surface area contributed by atoms with Gasteiger partial charge in [0, 0.05) is 0 Å². The molecule has 0 saturated carbocycles. The molecule has 0 radical (unpaired) electrons. The second kappa shape index (κ2) is 4.26. The number of rotatable bonds is 0. The Labute approximate surface area is 35.0 Å². The van der Waals surface area contributed by atoms with Gasteiger partial charge in [0.2, 0.25) is 0 Å². The Hall–Kier alpha value is 0.260. The molecule has 0 rings (SSSR count). The van der Waals surface area contributed by atoms with Crippen LogP contribution < -0.4 is 0 Å². The minimum atomic E-state index is -4.09. The molecule has 3 N–H and O–H groups in total. The summed E-state index contributed by atoms with van der Waals surface area (Å²) in [5.74, 6) is 0. The van der Waals surface area contributed by atoms with Gasteiger partial charge >= 0.3 is 28.9 Å². The predicted molar refractivity (Wildman–Crippen MR) is 7.21 cm³/mol. The molecule has 4 nitrogen and oxygen atoms in total. The Morgan fingerprint density at radius 2 is 1.40 bits per heavy atom. The first-order valence-electron chi connectivity index (χ1n) is 0.565. The van der Waals surface area contributed by atoms with Gasteiger partial charge in [0.15, 0.2) is 0 Å². The fourth-order valence-electron chi connectivity index (χ4n) is 0. The van der Waals surface area contributed by atoms with Gasteiger partial charge in [0.05, 0.1) is 0 Å². The van der Waals surface area contributed by atoms with Gasteiger partial charge in [-0.15, -0.1) is 0 Å².